The Balaban J connectivity index is 2.51. The second kappa shape index (κ2) is 5.76. The molecule has 6 heteroatoms. The molecule has 1 aromatic heterocycles. The van der Waals surface area contributed by atoms with Crippen LogP contribution in [-0.2, 0) is 0 Å². The third-order valence-electron chi connectivity index (χ3n) is 3.07. The lowest BCUT2D eigenvalue weighted by Gasteiger charge is -2.14. The van der Waals surface area contributed by atoms with Crippen molar-refractivity contribution in [2.24, 2.45) is 0 Å². The maximum atomic E-state index is 9.18. The van der Waals surface area contributed by atoms with Gasteiger partial charge in [0.2, 0.25) is 0 Å². The number of rotatable bonds is 3. The molecule has 0 aliphatic heterocycles. The SMILES string of the molecule is COc1cccc(C#N)c1Nc1nnc(Cl)c(C)c1C. The van der Waals surface area contributed by atoms with Gasteiger partial charge in [-0.15, -0.1) is 10.2 Å². The van der Waals surface area contributed by atoms with Gasteiger partial charge in [0.25, 0.3) is 0 Å². The average Bonchev–Trinajstić information content (AvgIpc) is 2.47. The minimum Gasteiger partial charge on any atom is -0.495 e. The molecule has 0 spiro atoms. The lowest BCUT2D eigenvalue weighted by atomic mass is 10.1. The monoisotopic (exact) mass is 288 g/mol. The molecule has 5 nitrogen and oxygen atoms in total. The number of benzene rings is 1. The fraction of sp³-hybridized carbons (Fsp3) is 0.214. The number of para-hydroxylation sites is 1. The van der Waals surface area contributed by atoms with Crippen molar-refractivity contribution < 1.29 is 4.74 Å². The van der Waals surface area contributed by atoms with E-state index in [0.717, 1.165) is 11.1 Å². The number of nitriles is 1. The highest BCUT2D eigenvalue weighted by Crippen LogP contribution is 2.32. The van der Waals surface area contributed by atoms with Gasteiger partial charge in [0, 0.05) is 0 Å². The van der Waals surface area contributed by atoms with Gasteiger partial charge in [-0.3, -0.25) is 0 Å². The summed E-state index contributed by atoms with van der Waals surface area (Å²) in [6.45, 7) is 3.75. The van der Waals surface area contributed by atoms with Crippen LogP contribution in [0.15, 0.2) is 18.2 Å². The Morgan fingerprint density at radius 3 is 2.65 bits per heavy atom. The first kappa shape index (κ1) is 14.1. The van der Waals surface area contributed by atoms with E-state index in [0.29, 0.717) is 28.0 Å². The lowest BCUT2D eigenvalue weighted by molar-refractivity contribution is 0.416. The number of methoxy groups -OCH3 is 1. The predicted molar refractivity (Wildman–Crippen MR) is 77.5 cm³/mol. The molecule has 0 aliphatic rings. The van der Waals surface area contributed by atoms with E-state index >= 15 is 0 Å². The molecule has 0 amide bonds. The van der Waals surface area contributed by atoms with E-state index in [1.54, 1.807) is 25.3 Å². The minimum atomic E-state index is 0.369. The topological polar surface area (TPSA) is 70.8 Å². The fourth-order valence-corrected chi connectivity index (χ4v) is 1.92. The number of ether oxygens (including phenoxy) is 1. The molecule has 2 aromatic rings. The van der Waals surface area contributed by atoms with Crippen molar-refractivity contribution in [1.29, 1.82) is 5.26 Å². The average molecular weight is 289 g/mol. The van der Waals surface area contributed by atoms with E-state index < -0.39 is 0 Å². The van der Waals surface area contributed by atoms with Crippen molar-refractivity contribution >= 4 is 23.1 Å². The van der Waals surface area contributed by atoms with Gasteiger partial charge in [-0.2, -0.15) is 5.26 Å². The zero-order chi connectivity index (χ0) is 14.7. The highest BCUT2D eigenvalue weighted by molar-refractivity contribution is 6.30. The highest BCUT2D eigenvalue weighted by Gasteiger charge is 2.13. The summed E-state index contributed by atoms with van der Waals surface area (Å²) < 4.78 is 5.27. The Bertz CT molecular complexity index is 694. The number of anilines is 2. The number of hydrogen-bond donors (Lipinski definition) is 1. The number of aromatic nitrogens is 2. The first-order valence-electron chi connectivity index (χ1n) is 5.92. The zero-order valence-corrected chi connectivity index (χ0v) is 12.1. The van der Waals surface area contributed by atoms with Crippen LogP contribution >= 0.6 is 11.6 Å². The molecule has 0 aliphatic carbocycles. The van der Waals surface area contributed by atoms with E-state index in [1.165, 1.54) is 0 Å². The van der Waals surface area contributed by atoms with Crippen molar-refractivity contribution in [2.75, 3.05) is 12.4 Å². The summed E-state index contributed by atoms with van der Waals surface area (Å²) in [6.07, 6.45) is 0. The molecule has 0 bridgehead atoms. The third-order valence-corrected chi connectivity index (χ3v) is 3.43. The van der Waals surface area contributed by atoms with E-state index in [1.807, 2.05) is 13.8 Å². The molecule has 0 saturated heterocycles. The summed E-state index contributed by atoms with van der Waals surface area (Å²) >= 11 is 5.93. The van der Waals surface area contributed by atoms with Crippen LogP contribution in [0.3, 0.4) is 0 Å². The molecule has 20 heavy (non-hydrogen) atoms. The molecule has 0 fully saturated rings. The van der Waals surface area contributed by atoms with E-state index in [2.05, 4.69) is 21.6 Å². The number of nitrogens with one attached hydrogen (secondary N) is 1. The van der Waals surface area contributed by atoms with Crippen LogP contribution in [-0.4, -0.2) is 17.3 Å². The first-order chi connectivity index (χ1) is 9.58. The molecule has 0 unspecified atom stereocenters. The van der Waals surface area contributed by atoms with Gasteiger partial charge in [-0.25, -0.2) is 0 Å². The van der Waals surface area contributed by atoms with Crippen LogP contribution in [0.1, 0.15) is 16.7 Å². The normalized spacial score (nSPS) is 9.95. The largest absolute Gasteiger partial charge is 0.495 e. The zero-order valence-electron chi connectivity index (χ0n) is 11.4. The quantitative estimate of drug-likeness (QED) is 0.937. The van der Waals surface area contributed by atoms with Crippen LogP contribution in [0, 0.1) is 25.2 Å². The number of halogens is 1. The Labute approximate surface area is 122 Å². The molecule has 1 aromatic carbocycles. The van der Waals surface area contributed by atoms with E-state index in [-0.39, 0.29) is 0 Å². The predicted octanol–water partition coefficient (Wildman–Crippen LogP) is 3.37. The molecular weight excluding hydrogens is 276 g/mol. The Morgan fingerprint density at radius 2 is 2.00 bits per heavy atom. The second-order valence-corrected chi connectivity index (χ2v) is 4.57. The maximum absolute atomic E-state index is 9.18. The van der Waals surface area contributed by atoms with Gasteiger partial charge in [0.05, 0.1) is 12.7 Å². The Morgan fingerprint density at radius 1 is 1.25 bits per heavy atom. The van der Waals surface area contributed by atoms with E-state index in [9.17, 15) is 5.26 Å². The van der Waals surface area contributed by atoms with Crippen molar-refractivity contribution in [3.63, 3.8) is 0 Å². The van der Waals surface area contributed by atoms with E-state index in [4.69, 9.17) is 16.3 Å². The van der Waals surface area contributed by atoms with Crippen molar-refractivity contribution in [2.45, 2.75) is 13.8 Å². The molecule has 1 N–H and O–H groups in total. The van der Waals surface area contributed by atoms with Crippen LogP contribution in [0.4, 0.5) is 11.5 Å². The van der Waals surface area contributed by atoms with Gasteiger partial charge in [0.15, 0.2) is 11.0 Å². The third kappa shape index (κ3) is 2.51. The molecule has 0 atom stereocenters. The summed E-state index contributed by atoms with van der Waals surface area (Å²) in [7, 11) is 1.55. The van der Waals surface area contributed by atoms with Gasteiger partial charge in [-0.05, 0) is 37.1 Å². The smallest absolute Gasteiger partial charge is 0.156 e. The maximum Gasteiger partial charge on any atom is 0.156 e. The second-order valence-electron chi connectivity index (χ2n) is 4.21. The fourth-order valence-electron chi connectivity index (χ4n) is 1.74. The summed E-state index contributed by atoms with van der Waals surface area (Å²) in [5, 5.41) is 20.6. The minimum absolute atomic E-state index is 0.369. The molecule has 1 heterocycles. The van der Waals surface area contributed by atoms with Crippen LogP contribution in [0.5, 0.6) is 5.75 Å². The number of nitrogens with zero attached hydrogens (tertiary/aromatic N) is 3. The Kier molecular flexibility index (Phi) is 4.06. The molecule has 2 rings (SSSR count). The first-order valence-corrected chi connectivity index (χ1v) is 6.29. The van der Waals surface area contributed by atoms with Gasteiger partial charge in [-0.1, -0.05) is 17.7 Å². The summed E-state index contributed by atoms with van der Waals surface area (Å²) in [5.41, 5.74) is 2.76. The van der Waals surface area contributed by atoms with Crippen LogP contribution < -0.4 is 10.1 Å². The van der Waals surface area contributed by atoms with Gasteiger partial charge < -0.3 is 10.1 Å². The van der Waals surface area contributed by atoms with Gasteiger partial charge >= 0.3 is 0 Å². The van der Waals surface area contributed by atoms with Crippen LogP contribution in [0.25, 0.3) is 0 Å². The standard InChI is InChI=1S/C14H13ClN4O/c1-8-9(2)14(19-18-13(8)15)17-12-10(7-16)5-4-6-11(12)20-3/h4-6H,1-3H3,(H,17,19). The highest BCUT2D eigenvalue weighted by atomic mass is 35.5. The van der Waals surface area contributed by atoms with Crippen molar-refractivity contribution in [3.05, 3.63) is 40.0 Å². The lowest BCUT2D eigenvalue weighted by Crippen LogP contribution is -2.04. The Hall–Kier alpha value is -2.32. The van der Waals surface area contributed by atoms with Gasteiger partial charge in [0.1, 0.15) is 17.5 Å². The molecule has 102 valence electrons. The number of hydrogen-bond acceptors (Lipinski definition) is 5. The van der Waals surface area contributed by atoms with Crippen molar-refractivity contribution in [1.82, 2.24) is 10.2 Å². The summed E-state index contributed by atoms with van der Waals surface area (Å²) in [4.78, 5) is 0. The van der Waals surface area contributed by atoms with Crippen LogP contribution in [0.2, 0.25) is 5.15 Å². The van der Waals surface area contributed by atoms with Crippen molar-refractivity contribution in [3.8, 4) is 11.8 Å². The molecule has 0 radical (unpaired) electrons. The summed E-state index contributed by atoms with van der Waals surface area (Å²) in [5.74, 6) is 1.12. The molecular formula is C14H13ClN4O. The molecule has 0 saturated carbocycles. The summed E-state index contributed by atoms with van der Waals surface area (Å²) in [6, 6.07) is 7.35.